The van der Waals surface area contributed by atoms with Gasteiger partial charge in [-0.1, -0.05) is 30.0 Å². The minimum atomic E-state index is -2.44. The van der Waals surface area contributed by atoms with Crippen molar-refractivity contribution in [2.45, 2.75) is 17.2 Å². The van der Waals surface area contributed by atoms with Gasteiger partial charge in [0.25, 0.3) is 5.76 Å². The number of hydrogen-bond donors (Lipinski definition) is 1. The highest BCUT2D eigenvalue weighted by molar-refractivity contribution is 7.99. The number of benzene rings is 2. The average molecular weight is 297 g/mol. The molecule has 2 aromatic carbocycles. The number of rotatable bonds is 5. The van der Waals surface area contributed by atoms with E-state index in [0.717, 1.165) is 16.7 Å². The average Bonchev–Trinajstić information content (AvgIpc) is 2.41. The van der Waals surface area contributed by atoms with Crippen LogP contribution in [0.5, 0.6) is 0 Å². The van der Waals surface area contributed by atoms with Crippen molar-refractivity contribution in [3.63, 3.8) is 0 Å². The molecule has 0 aliphatic rings. The summed E-state index contributed by atoms with van der Waals surface area (Å²) in [6, 6.07) is 11.3. The third-order valence-electron chi connectivity index (χ3n) is 2.83. The third kappa shape index (κ3) is 3.77. The standard InChI is InChI=1S/C15H14F3NS/c1-19-9-11-2-5-12(16)8-14(11)10-3-6-13(7-4-10)20-15(17)18/h2-8,15,19H,9H2,1H3. The molecule has 0 atom stereocenters. The summed E-state index contributed by atoms with van der Waals surface area (Å²) in [5.74, 6) is -2.75. The van der Waals surface area contributed by atoms with Crippen LogP contribution in [0.3, 0.4) is 0 Å². The number of alkyl halides is 2. The lowest BCUT2D eigenvalue weighted by atomic mass is 9.99. The van der Waals surface area contributed by atoms with Gasteiger partial charge in [-0.2, -0.15) is 8.78 Å². The van der Waals surface area contributed by atoms with E-state index < -0.39 is 5.76 Å². The summed E-state index contributed by atoms with van der Waals surface area (Å²) >= 11 is 0.500. The summed E-state index contributed by atoms with van der Waals surface area (Å²) in [7, 11) is 1.81. The van der Waals surface area contributed by atoms with E-state index in [4.69, 9.17) is 0 Å². The molecule has 0 aliphatic heterocycles. The lowest BCUT2D eigenvalue weighted by Crippen LogP contribution is -2.06. The molecule has 0 unspecified atom stereocenters. The SMILES string of the molecule is CNCc1ccc(F)cc1-c1ccc(SC(F)F)cc1. The number of hydrogen-bond acceptors (Lipinski definition) is 2. The van der Waals surface area contributed by atoms with Gasteiger partial charge in [-0.15, -0.1) is 0 Å². The Balaban J connectivity index is 2.33. The van der Waals surface area contributed by atoms with Crippen LogP contribution in [0.2, 0.25) is 0 Å². The molecule has 5 heteroatoms. The molecular formula is C15H14F3NS. The third-order valence-corrected chi connectivity index (χ3v) is 3.55. The summed E-state index contributed by atoms with van der Waals surface area (Å²) in [5, 5.41) is 3.03. The second kappa shape index (κ2) is 6.81. The molecule has 0 aliphatic carbocycles. The molecular weight excluding hydrogens is 283 g/mol. The lowest BCUT2D eigenvalue weighted by molar-refractivity contribution is 0.252. The number of nitrogens with one attached hydrogen (secondary N) is 1. The van der Waals surface area contributed by atoms with E-state index in [2.05, 4.69) is 5.32 Å². The predicted molar refractivity (Wildman–Crippen MR) is 76.5 cm³/mol. The predicted octanol–water partition coefficient (Wildman–Crippen LogP) is 4.53. The zero-order chi connectivity index (χ0) is 14.5. The Morgan fingerprint density at radius 2 is 1.80 bits per heavy atom. The number of halogens is 3. The normalized spacial score (nSPS) is 11.1. The second-order valence-electron chi connectivity index (χ2n) is 4.23. The molecule has 0 radical (unpaired) electrons. The topological polar surface area (TPSA) is 12.0 Å². The second-order valence-corrected chi connectivity index (χ2v) is 5.30. The van der Waals surface area contributed by atoms with Crippen molar-refractivity contribution in [3.8, 4) is 11.1 Å². The first-order valence-corrected chi connectivity index (χ1v) is 6.96. The van der Waals surface area contributed by atoms with Gasteiger partial charge in [-0.3, -0.25) is 0 Å². The minimum absolute atomic E-state index is 0.314. The largest absolute Gasteiger partial charge is 0.316 e. The van der Waals surface area contributed by atoms with Gasteiger partial charge in [-0.05, 0) is 48.0 Å². The highest BCUT2D eigenvalue weighted by atomic mass is 32.2. The van der Waals surface area contributed by atoms with E-state index in [-0.39, 0.29) is 5.82 Å². The zero-order valence-corrected chi connectivity index (χ0v) is 11.7. The summed E-state index contributed by atoms with van der Waals surface area (Å²) in [6.07, 6.45) is 0. The van der Waals surface area contributed by atoms with Gasteiger partial charge in [-0.25, -0.2) is 4.39 Å². The van der Waals surface area contributed by atoms with Crippen molar-refractivity contribution in [1.29, 1.82) is 0 Å². The number of thioether (sulfide) groups is 1. The van der Waals surface area contributed by atoms with Crippen molar-refractivity contribution in [2.75, 3.05) is 7.05 Å². The van der Waals surface area contributed by atoms with Crippen molar-refractivity contribution in [2.24, 2.45) is 0 Å². The van der Waals surface area contributed by atoms with Crippen LogP contribution in [-0.4, -0.2) is 12.8 Å². The molecule has 0 aromatic heterocycles. The Labute approximate surface area is 120 Å². The summed E-state index contributed by atoms with van der Waals surface area (Å²) in [4.78, 5) is 0.496. The van der Waals surface area contributed by atoms with E-state index in [1.807, 2.05) is 7.05 Å². The van der Waals surface area contributed by atoms with Gasteiger partial charge in [0.2, 0.25) is 0 Å². The fourth-order valence-electron chi connectivity index (χ4n) is 1.98. The van der Waals surface area contributed by atoms with Crippen LogP contribution in [0.25, 0.3) is 11.1 Å². The fourth-order valence-corrected chi connectivity index (χ4v) is 2.48. The summed E-state index contributed by atoms with van der Waals surface area (Å²) in [6.45, 7) is 0.614. The Morgan fingerprint density at radius 3 is 2.40 bits per heavy atom. The maximum atomic E-state index is 13.4. The van der Waals surface area contributed by atoms with E-state index in [0.29, 0.717) is 23.2 Å². The van der Waals surface area contributed by atoms with Gasteiger partial charge < -0.3 is 5.32 Å². The maximum Gasteiger partial charge on any atom is 0.288 e. The van der Waals surface area contributed by atoms with E-state index in [9.17, 15) is 13.2 Å². The lowest BCUT2D eigenvalue weighted by Gasteiger charge is -2.10. The molecule has 1 nitrogen and oxygen atoms in total. The molecule has 1 N–H and O–H groups in total. The first-order valence-electron chi connectivity index (χ1n) is 6.08. The van der Waals surface area contributed by atoms with Gasteiger partial charge in [0.05, 0.1) is 0 Å². The van der Waals surface area contributed by atoms with Gasteiger partial charge in [0, 0.05) is 11.4 Å². The van der Waals surface area contributed by atoms with Crippen LogP contribution in [-0.2, 0) is 6.54 Å². The maximum absolute atomic E-state index is 13.4. The Kier molecular flexibility index (Phi) is 5.09. The molecule has 0 spiro atoms. The van der Waals surface area contributed by atoms with Crippen LogP contribution in [0.15, 0.2) is 47.4 Å². The molecule has 2 aromatic rings. The highest BCUT2D eigenvalue weighted by Crippen LogP contribution is 2.29. The molecule has 0 saturated carbocycles. The van der Waals surface area contributed by atoms with Crippen molar-refractivity contribution >= 4 is 11.8 Å². The van der Waals surface area contributed by atoms with E-state index in [1.54, 1.807) is 30.3 Å². The van der Waals surface area contributed by atoms with Crippen molar-refractivity contribution in [3.05, 3.63) is 53.8 Å². The highest BCUT2D eigenvalue weighted by Gasteiger charge is 2.08. The molecule has 0 bridgehead atoms. The van der Waals surface area contributed by atoms with Gasteiger partial charge in [0.15, 0.2) is 0 Å². The minimum Gasteiger partial charge on any atom is -0.316 e. The fraction of sp³-hybridized carbons (Fsp3) is 0.200. The first-order chi connectivity index (χ1) is 9.60. The van der Waals surface area contributed by atoms with Gasteiger partial charge in [0.1, 0.15) is 5.82 Å². The van der Waals surface area contributed by atoms with E-state index in [1.165, 1.54) is 12.1 Å². The summed E-state index contributed by atoms with van der Waals surface area (Å²) < 4.78 is 37.9. The molecule has 0 fully saturated rings. The molecule has 106 valence electrons. The first kappa shape index (κ1) is 14.9. The Morgan fingerprint density at radius 1 is 1.10 bits per heavy atom. The quantitative estimate of drug-likeness (QED) is 0.814. The van der Waals surface area contributed by atoms with Crippen LogP contribution in [0, 0.1) is 5.82 Å². The van der Waals surface area contributed by atoms with Crippen LogP contribution in [0.4, 0.5) is 13.2 Å². The van der Waals surface area contributed by atoms with Crippen LogP contribution < -0.4 is 5.32 Å². The van der Waals surface area contributed by atoms with Crippen LogP contribution in [0.1, 0.15) is 5.56 Å². The molecule has 0 heterocycles. The Hall–Kier alpha value is -1.46. The van der Waals surface area contributed by atoms with E-state index >= 15 is 0 Å². The zero-order valence-electron chi connectivity index (χ0n) is 10.9. The molecule has 20 heavy (non-hydrogen) atoms. The van der Waals surface area contributed by atoms with Crippen LogP contribution >= 0.6 is 11.8 Å². The van der Waals surface area contributed by atoms with Crippen molar-refractivity contribution < 1.29 is 13.2 Å². The molecule has 0 amide bonds. The molecule has 2 rings (SSSR count). The monoisotopic (exact) mass is 297 g/mol. The summed E-state index contributed by atoms with van der Waals surface area (Å²) in [5.41, 5.74) is 2.55. The molecule has 0 saturated heterocycles. The van der Waals surface area contributed by atoms with Crippen molar-refractivity contribution in [1.82, 2.24) is 5.32 Å². The smallest absolute Gasteiger partial charge is 0.288 e. The Bertz CT molecular complexity index is 570. The van der Waals surface area contributed by atoms with Gasteiger partial charge >= 0.3 is 0 Å².